The molecule has 0 aliphatic rings. The summed E-state index contributed by atoms with van der Waals surface area (Å²) in [4.78, 5) is 0. The molecule has 3 rings (SSSR count). The number of nitrogens with one attached hydrogen (secondary N) is 1. The molecule has 1 N–H and O–H groups in total. The van der Waals surface area contributed by atoms with Gasteiger partial charge in [0.1, 0.15) is 12.4 Å². The van der Waals surface area contributed by atoms with E-state index in [9.17, 15) is 0 Å². The van der Waals surface area contributed by atoms with Crippen LogP contribution in [0.2, 0.25) is 0 Å². The van der Waals surface area contributed by atoms with Crippen molar-refractivity contribution in [2.75, 3.05) is 6.54 Å². The Kier molecular flexibility index (Phi) is 5.29. The minimum absolute atomic E-state index is 0.578. The van der Waals surface area contributed by atoms with Crippen molar-refractivity contribution in [1.82, 2.24) is 5.32 Å². The molecule has 0 saturated heterocycles. The maximum Gasteiger partial charge on any atom is 0.124 e. The third-order valence-corrected chi connectivity index (χ3v) is 4.06. The van der Waals surface area contributed by atoms with Gasteiger partial charge in [0.15, 0.2) is 0 Å². The Balaban J connectivity index is 1.87. The summed E-state index contributed by atoms with van der Waals surface area (Å²) in [5.41, 5.74) is 3.64. The van der Waals surface area contributed by atoms with Crippen molar-refractivity contribution in [2.24, 2.45) is 0 Å². The van der Waals surface area contributed by atoms with E-state index >= 15 is 0 Å². The highest BCUT2D eigenvalue weighted by atomic mass is 16.5. The minimum Gasteiger partial charge on any atom is -0.489 e. The molecule has 0 radical (unpaired) electrons. The van der Waals surface area contributed by atoms with Crippen molar-refractivity contribution < 1.29 is 4.74 Å². The summed E-state index contributed by atoms with van der Waals surface area (Å²) in [7, 11) is 0. The molecule has 0 unspecified atom stereocenters. The average Bonchev–Trinajstić information content (AvgIpc) is 2.61. The van der Waals surface area contributed by atoms with E-state index in [0.29, 0.717) is 6.61 Å². The normalized spacial score (nSPS) is 10.7. The second-order valence-corrected chi connectivity index (χ2v) is 5.96. The van der Waals surface area contributed by atoms with Gasteiger partial charge >= 0.3 is 0 Å². The highest BCUT2D eigenvalue weighted by Gasteiger charge is 2.09. The summed E-state index contributed by atoms with van der Waals surface area (Å²) >= 11 is 0. The van der Waals surface area contributed by atoms with Gasteiger partial charge in [0.05, 0.1) is 0 Å². The average molecular weight is 317 g/mol. The predicted octanol–water partition coefficient (Wildman–Crippen LogP) is 5.00. The van der Waals surface area contributed by atoms with Crippen LogP contribution in [0.1, 0.15) is 16.7 Å². The lowest BCUT2D eigenvalue weighted by molar-refractivity contribution is 0.303. The maximum atomic E-state index is 6.15. The molecule has 0 heterocycles. The Bertz CT molecular complexity index is 838. The third kappa shape index (κ3) is 3.84. The second-order valence-electron chi connectivity index (χ2n) is 5.96. The van der Waals surface area contributed by atoms with Crippen LogP contribution in [-0.2, 0) is 13.2 Å². The van der Waals surface area contributed by atoms with Crippen LogP contribution in [0.15, 0.2) is 73.3 Å². The van der Waals surface area contributed by atoms with Crippen LogP contribution in [-0.4, -0.2) is 6.54 Å². The first-order valence-electron chi connectivity index (χ1n) is 8.28. The number of hydrogen-bond donors (Lipinski definition) is 1. The van der Waals surface area contributed by atoms with Crippen molar-refractivity contribution in [3.8, 4) is 5.75 Å². The van der Waals surface area contributed by atoms with Crippen molar-refractivity contribution in [3.63, 3.8) is 0 Å². The third-order valence-electron chi connectivity index (χ3n) is 4.06. The van der Waals surface area contributed by atoms with Crippen molar-refractivity contribution in [1.29, 1.82) is 0 Å². The van der Waals surface area contributed by atoms with Crippen molar-refractivity contribution in [3.05, 3.63) is 90.0 Å². The first-order valence-corrected chi connectivity index (χ1v) is 8.28. The molecule has 3 aromatic rings. The molecule has 24 heavy (non-hydrogen) atoms. The molecular weight excluding hydrogens is 294 g/mol. The first kappa shape index (κ1) is 16.3. The molecule has 0 aliphatic heterocycles. The van der Waals surface area contributed by atoms with E-state index in [4.69, 9.17) is 4.74 Å². The van der Waals surface area contributed by atoms with Gasteiger partial charge in [-0.15, -0.1) is 6.58 Å². The zero-order chi connectivity index (χ0) is 16.8. The van der Waals surface area contributed by atoms with Crippen LogP contribution in [0, 0.1) is 6.92 Å². The standard InChI is InChI=1S/C22H23NO/c1-3-13-23-15-21-20-10-5-4-9-19(20)11-12-22(21)24-16-18-8-6-7-17(2)14-18/h3-12,14,23H,1,13,15-16H2,2H3. The fourth-order valence-corrected chi connectivity index (χ4v) is 2.90. The number of aryl methyl sites for hydroxylation is 1. The summed E-state index contributed by atoms with van der Waals surface area (Å²) in [6, 6.07) is 21.1. The van der Waals surface area contributed by atoms with Crippen molar-refractivity contribution in [2.45, 2.75) is 20.1 Å². The summed E-state index contributed by atoms with van der Waals surface area (Å²) in [5, 5.41) is 5.86. The lowest BCUT2D eigenvalue weighted by Crippen LogP contribution is -2.14. The van der Waals surface area contributed by atoms with Gasteiger partial charge in [-0.3, -0.25) is 0 Å². The van der Waals surface area contributed by atoms with E-state index in [0.717, 1.165) is 18.8 Å². The number of rotatable bonds is 7. The van der Waals surface area contributed by atoms with Gasteiger partial charge < -0.3 is 10.1 Å². The van der Waals surface area contributed by atoms with Crippen molar-refractivity contribution >= 4 is 10.8 Å². The fraction of sp³-hybridized carbons (Fsp3) is 0.182. The topological polar surface area (TPSA) is 21.3 Å². The summed E-state index contributed by atoms with van der Waals surface area (Å²) in [5.74, 6) is 0.937. The Hall–Kier alpha value is -2.58. The van der Waals surface area contributed by atoms with E-state index in [1.165, 1.54) is 27.5 Å². The highest BCUT2D eigenvalue weighted by Crippen LogP contribution is 2.28. The van der Waals surface area contributed by atoms with Gasteiger partial charge in [-0.1, -0.05) is 66.2 Å². The lowest BCUT2D eigenvalue weighted by Gasteiger charge is -2.15. The molecule has 0 saturated carbocycles. The molecule has 0 fully saturated rings. The molecule has 0 aromatic heterocycles. The van der Waals surface area contributed by atoms with Crippen LogP contribution in [0.4, 0.5) is 0 Å². The van der Waals surface area contributed by atoms with Crippen LogP contribution in [0.5, 0.6) is 5.75 Å². The number of fused-ring (bicyclic) bond motifs is 1. The van der Waals surface area contributed by atoms with Crippen LogP contribution in [0.25, 0.3) is 10.8 Å². The number of ether oxygens (including phenoxy) is 1. The monoisotopic (exact) mass is 317 g/mol. The molecule has 0 aliphatic carbocycles. The van der Waals surface area contributed by atoms with Crippen LogP contribution < -0.4 is 10.1 Å². The van der Waals surface area contributed by atoms with Gasteiger partial charge in [-0.25, -0.2) is 0 Å². The van der Waals surface area contributed by atoms with Crippen LogP contribution in [0.3, 0.4) is 0 Å². The highest BCUT2D eigenvalue weighted by molar-refractivity contribution is 5.87. The number of benzene rings is 3. The Morgan fingerprint density at radius 1 is 1.04 bits per heavy atom. The first-order chi connectivity index (χ1) is 11.8. The van der Waals surface area contributed by atoms with Gasteiger partial charge in [0, 0.05) is 18.7 Å². The molecule has 122 valence electrons. The summed E-state index contributed by atoms with van der Waals surface area (Å²) < 4.78 is 6.15. The minimum atomic E-state index is 0.578. The van der Waals surface area contributed by atoms with Gasteiger partial charge in [0.25, 0.3) is 0 Å². The molecular formula is C22H23NO. The summed E-state index contributed by atoms with van der Waals surface area (Å²) in [6.07, 6.45) is 1.87. The van der Waals surface area contributed by atoms with Gasteiger partial charge in [0.2, 0.25) is 0 Å². The van der Waals surface area contributed by atoms with E-state index in [-0.39, 0.29) is 0 Å². The Labute approximate surface area is 143 Å². The predicted molar refractivity (Wildman–Crippen MR) is 101 cm³/mol. The SMILES string of the molecule is C=CCNCc1c(OCc2cccc(C)c2)ccc2ccccc12. The molecule has 2 heteroatoms. The Morgan fingerprint density at radius 2 is 1.92 bits per heavy atom. The molecule has 2 nitrogen and oxygen atoms in total. The van der Waals surface area contributed by atoms with E-state index in [1.54, 1.807) is 0 Å². The molecule has 0 bridgehead atoms. The molecule has 0 spiro atoms. The molecule has 0 atom stereocenters. The number of hydrogen-bond acceptors (Lipinski definition) is 2. The quantitative estimate of drug-likeness (QED) is 0.489. The summed E-state index contributed by atoms with van der Waals surface area (Å²) in [6.45, 7) is 7.99. The van der Waals surface area contributed by atoms with E-state index < -0.39 is 0 Å². The maximum absolute atomic E-state index is 6.15. The lowest BCUT2D eigenvalue weighted by atomic mass is 10.0. The molecule has 3 aromatic carbocycles. The fourth-order valence-electron chi connectivity index (χ4n) is 2.90. The van der Waals surface area contributed by atoms with E-state index in [1.807, 2.05) is 6.08 Å². The zero-order valence-electron chi connectivity index (χ0n) is 14.1. The Morgan fingerprint density at radius 3 is 2.75 bits per heavy atom. The van der Waals surface area contributed by atoms with E-state index in [2.05, 4.69) is 79.5 Å². The van der Waals surface area contributed by atoms with Gasteiger partial charge in [-0.05, 0) is 29.3 Å². The molecule has 0 amide bonds. The van der Waals surface area contributed by atoms with Crippen LogP contribution >= 0.6 is 0 Å². The second kappa shape index (κ2) is 7.80. The largest absolute Gasteiger partial charge is 0.489 e. The zero-order valence-corrected chi connectivity index (χ0v) is 14.1. The van der Waals surface area contributed by atoms with Gasteiger partial charge in [-0.2, -0.15) is 0 Å². The smallest absolute Gasteiger partial charge is 0.124 e.